The Morgan fingerprint density at radius 2 is 0.500 bits per heavy atom. The van der Waals surface area contributed by atoms with Gasteiger partial charge in [-0.2, -0.15) is 0 Å². The van der Waals surface area contributed by atoms with Crippen LogP contribution in [0.2, 0.25) is 0 Å². The fraction of sp³-hybridized carbons (Fsp3) is 0. The van der Waals surface area contributed by atoms with Gasteiger partial charge >= 0.3 is 22.4 Å². The molecular formula is AgCl3-2. The summed E-state index contributed by atoms with van der Waals surface area (Å²) in [6, 6.07) is 0. The van der Waals surface area contributed by atoms with E-state index in [0.717, 1.165) is 0 Å². The Morgan fingerprint density at radius 3 is 0.500 bits per heavy atom. The van der Waals surface area contributed by atoms with Gasteiger partial charge in [0.25, 0.3) is 0 Å². The van der Waals surface area contributed by atoms with Crippen molar-refractivity contribution in [3.05, 3.63) is 0 Å². The zero-order chi connectivity index (χ0) is 0. The van der Waals surface area contributed by atoms with E-state index in [-0.39, 0.29) is 59.6 Å². The monoisotopic (exact) mass is 212 g/mol. The van der Waals surface area contributed by atoms with Crippen LogP contribution in [0, 0.1) is 0 Å². The van der Waals surface area contributed by atoms with Gasteiger partial charge in [0.15, 0.2) is 0 Å². The molecule has 0 unspecified atom stereocenters. The fourth-order valence-electron chi connectivity index (χ4n) is 0. The Bertz CT molecular complexity index is 3.25. The first-order chi connectivity index (χ1) is 0. The molecule has 0 N–H and O–H groups in total. The molecule has 0 bridgehead atoms. The zero-order valence-corrected chi connectivity index (χ0v) is 5.19. The smallest absolute Gasteiger partial charge is 1.00 e. The summed E-state index contributed by atoms with van der Waals surface area (Å²) < 4.78 is 0. The van der Waals surface area contributed by atoms with E-state index >= 15 is 0 Å². The molecule has 34 valence electrons. The molecule has 0 aromatic carbocycles. The average Bonchev–Trinajstić information content (AvgIpc) is 0. The average molecular weight is 214 g/mol. The van der Waals surface area contributed by atoms with E-state index in [2.05, 4.69) is 0 Å². The Kier molecular flexibility index (Phi) is 266. The van der Waals surface area contributed by atoms with Crippen molar-refractivity contribution in [1.82, 2.24) is 0 Å². The largest absolute Gasteiger partial charge is 1.00 e. The molecular weight excluding hydrogens is 214 g/mol. The SMILES string of the molecule is [Ag+].[Cl-].[Cl-].[Cl-]. The van der Waals surface area contributed by atoms with E-state index in [9.17, 15) is 0 Å². The normalized spacial score (nSPS) is 0. The molecule has 0 radical (unpaired) electrons. The maximum atomic E-state index is 0. The summed E-state index contributed by atoms with van der Waals surface area (Å²) in [5.74, 6) is 0. The van der Waals surface area contributed by atoms with E-state index in [4.69, 9.17) is 0 Å². The summed E-state index contributed by atoms with van der Waals surface area (Å²) in [7, 11) is 0. The minimum absolute atomic E-state index is 0. The molecule has 0 saturated carbocycles. The number of hydrogen-bond donors (Lipinski definition) is 0. The van der Waals surface area contributed by atoms with Crippen LogP contribution < -0.4 is 37.2 Å². The predicted octanol–water partition coefficient (Wildman–Crippen LogP) is -8.99. The second-order valence-corrected chi connectivity index (χ2v) is 0. The standard InChI is InChI=1S/Ag.3ClH/h;3*1H/q+1;;;/p-3. The quantitative estimate of drug-likeness (QED) is 0.351. The molecule has 0 heterocycles. The number of hydrogen-bond acceptors (Lipinski definition) is 0. The minimum Gasteiger partial charge on any atom is -1.00 e. The minimum atomic E-state index is 0. The molecule has 0 amide bonds. The van der Waals surface area contributed by atoms with Gasteiger partial charge in [-0.3, -0.25) is 0 Å². The van der Waals surface area contributed by atoms with Gasteiger partial charge in [0.1, 0.15) is 0 Å². The van der Waals surface area contributed by atoms with E-state index in [1.807, 2.05) is 0 Å². The summed E-state index contributed by atoms with van der Waals surface area (Å²) in [5, 5.41) is 0. The number of halogens is 3. The van der Waals surface area contributed by atoms with Crippen LogP contribution in [0.1, 0.15) is 0 Å². The molecule has 4 heavy (non-hydrogen) atoms. The van der Waals surface area contributed by atoms with E-state index in [1.165, 1.54) is 0 Å². The molecule has 0 aromatic rings. The molecule has 0 fully saturated rings. The third kappa shape index (κ3) is 9.49. The first kappa shape index (κ1) is 46.0. The topological polar surface area (TPSA) is 0 Å². The van der Waals surface area contributed by atoms with Gasteiger partial charge in [0.05, 0.1) is 0 Å². The van der Waals surface area contributed by atoms with Crippen molar-refractivity contribution >= 4 is 0 Å². The van der Waals surface area contributed by atoms with E-state index in [0.29, 0.717) is 0 Å². The molecule has 0 rings (SSSR count). The fourth-order valence-corrected chi connectivity index (χ4v) is 0. The predicted molar refractivity (Wildman–Crippen MR) is 0 cm³/mol. The molecule has 0 spiro atoms. The first-order valence-electron chi connectivity index (χ1n) is 0. The maximum absolute atomic E-state index is 0. The van der Waals surface area contributed by atoms with Crippen molar-refractivity contribution in [3.8, 4) is 0 Å². The molecule has 0 nitrogen and oxygen atoms in total. The van der Waals surface area contributed by atoms with Crippen LogP contribution in [-0.4, -0.2) is 0 Å². The van der Waals surface area contributed by atoms with E-state index < -0.39 is 0 Å². The van der Waals surface area contributed by atoms with Crippen molar-refractivity contribution in [2.45, 2.75) is 0 Å². The van der Waals surface area contributed by atoms with Crippen molar-refractivity contribution in [2.24, 2.45) is 0 Å². The van der Waals surface area contributed by atoms with Gasteiger partial charge in [0, 0.05) is 0 Å². The van der Waals surface area contributed by atoms with Crippen LogP contribution in [0.3, 0.4) is 0 Å². The molecule has 0 aliphatic heterocycles. The third-order valence-electron chi connectivity index (χ3n) is 0. The molecule has 4 heteroatoms. The second-order valence-electron chi connectivity index (χ2n) is 0. The van der Waals surface area contributed by atoms with Gasteiger partial charge in [-0.1, -0.05) is 0 Å². The summed E-state index contributed by atoms with van der Waals surface area (Å²) in [6.07, 6.45) is 0. The van der Waals surface area contributed by atoms with Crippen molar-refractivity contribution in [2.75, 3.05) is 0 Å². The van der Waals surface area contributed by atoms with Crippen LogP contribution >= 0.6 is 0 Å². The molecule has 0 aromatic heterocycles. The Hall–Kier alpha value is 1.61. The van der Waals surface area contributed by atoms with Crippen molar-refractivity contribution in [3.63, 3.8) is 0 Å². The van der Waals surface area contributed by atoms with Crippen LogP contribution in [0.15, 0.2) is 0 Å². The van der Waals surface area contributed by atoms with Gasteiger partial charge < -0.3 is 37.2 Å². The van der Waals surface area contributed by atoms with Crippen LogP contribution in [-0.2, 0) is 22.4 Å². The molecule has 0 aliphatic carbocycles. The van der Waals surface area contributed by atoms with Crippen LogP contribution in [0.4, 0.5) is 0 Å². The first-order valence-corrected chi connectivity index (χ1v) is 0. The molecule has 0 aliphatic rings. The Labute approximate surface area is 59.5 Å². The molecule has 0 saturated heterocycles. The van der Waals surface area contributed by atoms with Gasteiger partial charge in [-0.15, -0.1) is 0 Å². The maximum Gasteiger partial charge on any atom is 1.00 e. The number of rotatable bonds is 0. The second kappa shape index (κ2) is 23.2. The molecule has 0 atom stereocenters. The van der Waals surface area contributed by atoms with Gasteiger partial charge in [-0.25, -0.2) is 0 Å². The van der Waals surface area contributed by atoms with Crippen molar-refractivity contribution < 1.29 is 59.6 Å². The summed E-state index contributed by atoms with van der Waals surface area (Å²) in [6.45, 7) is 0. The van der Waals surface area contributed by atoms with Crippen LogP contribution in [0.5, 0.6) is 0 Å². The van der Waals surface area contributed by atoms with Crippen molar-refractivity contribution in [1.29, 1.82) is 0 Å². The summed E-state index contributed by atoms with van der Waals surface area (Å²) >= 11 is 0. The summed E-state index contributed by atoms with van der Waals surface area (Å²) in [5.41, 5.74) is 0. The Morgan fingerprint density at radius 1 is 0.500 bits per heavy atom. The van der Waals surface area contributed by atoms with Crippen LogP contribution in [0.25, 0.3) is 0 Å². The van der Waals surface area contributed by atoms with E-state index in [1.54, 1.807) is 0 Å². The Balaban J connectivity index is 0. The third-order valence-corrected chi connectivity index (χ3v) is 0. The van der Waals surface area contributed by atoms with Gasteiger partial charge in [0.2, 0.25) is 0 Å². The van der Waals surface area contributed by atoms with Gasteiger partial charge in [-0.05, 0) is 0 Å². The zero-order valence-electron chi connectivity index (χ0n) is 1.44. The summed E-state index contributed by atoms with van der Waals surface area (Å²) in [4.78, 5) is 0.